The molecule has 1 aliphatic rings. The summed E-state index contributed by atoms with van der Waals surface area (Å²) in [6.45, 7) is 3.77. The van der Waals surface area contributed by atoms with Crippen molar-refractivity contribution in [1.82, 2.24) is 10.2 Å². The maximum atomic E-state index is 13.9. The first kappa shape index (κ1) is 25.0. The number of halogens is 1. The highest BCUT2D eigenvalue weighted by atomic mass is 19.1. The van der Waals surface area contributed by atoms with Crippen LogP contribution in [0.3, 0.4) is 0 Å². The van der Waals surface area contributed by atoms with Gasteiger partial charge in [0.2, 0.25) is 0 Å². The number of rotatable bonds is 9. The molecule has 0 aliphatic carbocycles. The molecule has 188 valence electrons. The zero-order chi connectivity index (χ0) is 25.7. The van der Waals surface area contributed by atoms with Gasteiger partial charge in [0.1, 0.15) is 23.9 Å². The lowest BCUT2D eigenvalue weighted by Gasteiger charge is -2.18. The largest absolute Gasteiger partial charge is 0.497 e. The van der Waals surface area contributed by atoms with Crippen LogP contribution in [0.1, 0.15) is 34.0 Å². The molecule has 0 spiro atoms. The predicted octanol–water partition coefficient (Wildman–Crippen LogP) is 4.77. The van der Waals surface area contributed by atoms with E-state index in [0.717, 1.165) is 27.8 Å². The number of amidine groups is 1. The van der Waals surface area contributed by atoms with E-state index in [-0.39, 0.29) is 24.3 Å². The van der Waals surface area contributed by atoms with Crippen molar-refractivity contribution in [2.45, 2.75) is 26.4 Å². The summed E-state index contributed by atoms with van der Waals surface area (Å²) in [5.74, 6) is 0.747. The third kappa shape index (κ3) is 5.76. The molecule has 3 aromatic rings. The first-order valence-electron chi connectivity index (χ1n) is 11.8. The van der Waals surface area contributed by atoms with Gasteiger partial charge in [0.25, 0.3) is 11.9 Å². The number of hydrogen-bond donors (Lipinski definition) is 2. The van der Waals surface area contributed by atoms with Crippen molar-refractivity contribution in [3.05, 3.63) is 82.7 Å². The highest BCUT2D eigenvalue weighted by Crippen LogP contribution is 2.29. The summed E-state index contributed by atoms with van der Waals surface area (Å²) in [7, 11) is 3.16. The van der Waals surface area contributed by atoms with Gasteiger partial charge in [-0.15, -0.1) is 0 Å². The molecule has 2 N–H and O–H groups in total. The number of nitrogens with one attached hydrogen (secondary N) is 2. The van der Waals surface area contributed by atoms with Crippen molar-refractivity contribution >= 4 is 11.9 Å². The van der Waals surface area contributed by atoms with Crippen LogP contribution < -0.4 is 14.8 Å². The van der Waals surface area contributed by atoms with Crippen LogP contribution in [0.4, 0.5) is 4.39 Å². The van der Waals surface area contributed by atoms with Gasteiger partial charge in [0.15, 0.2) is 0 Å². The van der Waals surface area contributed by atoms with Gasteiger partial charge in [-0.25, -0.2) is 4.39 Å². The maximum Gasteiger partial charge on any atom is 0.284 e. The van der Waals surface area contributed by atoms with Gasteiger partial charge in [-0.3, -0.25) is 10.2 Å². The first-order valence-corrected chi connectivity index (χ1v) is 11.8. The molecule has 0 bridgehead atoms. The number of nitrogens with zero attached hydrogens (tertiary/aromatic N) is 1. The molecule has 0 unspecified atom stereocenters. The topological polar surface area (TPSA) is 83.9 Å². The van der Waals surface area contributed by atoms with E-state index in [1.165, 1.54) is 12.1 Å². The van der Waals surface area contributed by atoms with Crippen molar-refractivity contribution < 1.29 is 23.4 Å². The quantitative estimate of drug-likeness (QED) is 0.451. The fourth-order valence-corrected chi connectivity index (χ4v) is 4.28. The lowest BCUT2D eigenvalue weighted by Crippen LogP contribution is -2.25. The van der Waals surface area contributed by atoms with E-state index in [0.29, 0.717) is 43.2 Å². The molecule has 0 atom stereocenters. The van der Waals surface area contributed by atoms with E-state index in [4.69, 9.17) is 19.6 Å². The summed E-state index contributed by atoms with van der Waals surface area (Å²) in [6, 6.07) is 15.9. The summed E-state index contributed by atoms with van der Waals surface area (Å²) in [5, 5.41) is 11.0. The van der Waals surface area contributed by atoms with Gasteiger partial charge in [-0.2, -0.15) is 0 Å². The van der Waals surface area contributed by atoms with Crippen LogP contribution >= 0.6 is 0 Å². The highest BCUT2D eigenvalue weighted by Gasteiger charge is 2.20. The molecule has 1 heterocycles. The van der Waals surface area contributed by atoms with Crippen LogP contribution in [0.15, 0.2) is 54.6 Å². The molecule has 1 fully saturated rings. The average Bonchev–Trinajstić information content (AvgIpc) is 3.30. The van der Waals surface area contributed by atoms with E-state index in [2.05, 4.69) is 5.32 Å². The van der Waals surface area contributed by atoms with Crippen LogP contribution in [0.5, 0.6) is 11.5 Å². The zero-order valence-electron chi connectivity index (χ0n) is 20.7. The molecule has 36 heavy (non-hydrogen) atoms. The molecule has 1 aliphatic heterocycles. The summed E-state index contributed by atoms with van der Waals surface area (Å²) < 4.78 is 29.8. The summed E-state index contributed by atoms with van der Waals surface area (Å²) in [6.07, 6.45) is 0.654. The van der Waals surface area contributed by atoms with Gasteiger partial charge >= 0.3 is 0 Å². The Labute approximate surface area is 210 Å². The number of ether oxygens (including phenoxy) is 3. The SMILES string of the molecule is CCc1cc(F)ccc1-c1cc(CN2CCOC2=N)cc(C(=O)NCc2cc(OC)cc(OC)c2)c1. The van der Waals surface area contributed by atoms with Crippen LogP contribution in [0.2, 0.25) is 0 Å². The van der Waals surface area contributed by atoms with Crippen molar-refractivity contribution in [3.8, 4) is 22.6 Å². The van der Waals surface area contributed by atoms with Crippen molar-refractivity contribution in [2.75, 3.05) is 27.4 Å². The molecule has 4 rings (SSSR count). The number of hydrogen-bond acceptors (Lipinski definition) is 5. The lowest BCUT2D eigenvalue weighted by molar-refractivity contribution is 0.0950. The zero-order valence-corrected chi connectivity index (χ0v) is 20.7. The Kier molecular flexibility index (Phi) is 7.73. The fourth-order valence-electron chi connectivity index (χ4n) is 4.28. The van der Waals surface area contributed by atoms with Gasteiger partial charge < -0.3 is 24.4 Å². The number of methoxy groups -OCH3 is 2. The fraction of sp³-hybridized carbons (Fsp3) is 0.286. The second-order valence-electron chi connectivity index (χ2n) is 8.55. The minimum Gasteiger partial charge on any atom is -0.497 e. The average molecular weight is 492 g/mol. The Morgan fingerprint density at radius 3 is 2.44 bits per heavy atom. The van der Waals surface area contributed by atoms with Crippen LogP contribution in [-0.2, 0) is 24.2 Å². The van der Waals surface area contributed by atoms with Gasteiger partial charge in [0, 0.05) is 24.7 Å². The second-order valence-corrected chi connectivity index (χ2v) is 8.55. The third-order valence-electron chi connectivity index (χ3n) is 6.14. The van der Waals surface area contributed by atoms with E-state index in [9.17, 15) is 9.18 Å². The third-order valence-corrected chi connectivity index (χ3v) is 6.14. The maximum absolute atomic E-state index is 13.9. The number of carbonyl (C=O) groups excluding carboxylic acids is 1. The number of amides is 1. The standard InChI is InChI=1S/C28H30FN3O4/c1-4-20-14-23(29)5-6-26(20)21-9-19(17-32-7-8-36-28(32)30)10-22(13-21)27(33)31-16-18-11-24(34-2)15-25(12-18)35-3/h5-6,9-15,30H,4,7-8,16-17H2,1-3H3,(H,31,33). The van der Waals surface area contributed by atoms with Gasteiger partial charge in [0.05, 0.1) is 20.8 Å². The van der Waals surface area contributed by atoms with Gasteiger partial charge in [-0.1, -0.05) is 13.0 Å². The Bertz CT molecular complexity index is 1260. The molecule has 0 saturated carbocycles. The molecule has 1 saturated heterocycles. The van der Waals surface area contributed by atoms with E-state index >= 15 is 0 Å². The van der Waals surface area contributed by atoms with Crippen molar-refractivity contribution in [2.24, 2.45) is 0 Å². The summed E-state index contributed by atoms with van der Waals surface area (Å²) in [4.78, 5) is 15.1. The smallest absolute Gasteiger partial charge is 0.284 e. The monoisotopic (exact) mass is 491 g/mol. The van der Waals surface area contributed by atoms with E-state index in [1.54, 1.807) is 26.4 Å². The minimum atomic E-state index is -0.291. The Hall–Kier alpha value is -4.07. The summed E-state index contributed by atoms with van der Waals surface area (Å²) >= 11 is 0. The van der Waals surface area contributed by atoms with Crippen LogP contribution in [0.25, 0.3) is 11.1 Å². The number of carbonyl (C=O) groups is 1. The molecule has 8 heteroatoms. The predicted molar refractivity (Wildman–Crippen MR) is 136 cm³/mol. The molecule has 0 radical (unpaired) electrons. The second kappa shape index (κ2) is 11.1. The van der Waals surface area contributed by atoms with Crippen molar-refractivity contribution in [3.63, 3.8) is 0 Å². The van der Waals surface area contributed by atoms with Crippen LogP contribution in [0, 0.1) is 11.2 Å². The first-order chi connectivity index (χ1) is 17.4. The van der Waals surface area contributed by atoms with Crippen LogP contribution in [-0.4, -0.2) is 44.2 Å². The molecule has 1 amide bonds. The molecule has 3 aromatic carbocycles. The highest BCUT2D eigenvalue weighted by molar-refractivity contribution is 5.96. The molecular weight excluding hydrogens is 461 g/mol. The molecular formula is C28H30FN3O4. The molecule has 7 nitrogen and oxygen atoms in total. The summed E-state index contributed by atoms with van der Waals surface area (Å²) in [5.41, 5.74) is 4.74. The van der Waals surface area contributed by atoms with Crippen molar-refractivity contribution in [1.29, 1.82) is 5.41 Å². The Morgan fingerprint density at radius 1 is 1.06 bits per heavy atom. The Morgan fingerprint density at radius 2 is 1.81 bits per heavy atom. The van der Waals surface area contributed by atoms with E-state index < -0.39 is 0 Å². The lowest BCUT2D eigenvalue weighted by atomic mass is 9.94. The van der Waals surface area contributed by atoms with Gasteiger partial charge in [-0.05, 0) is 76.7 Å². The molecule has 0 aromatic heterocycles. The Balaban J connectivity index is 1.65. The minimum absolute atomic E-state index is 0.120. The number of aryl methyl sites for hydroxylation is 1. The normalized spacial score (nSPS) is 12.9. The number of benzene rings is 3. The van der Waals surface area contributed by atoms with E-state index in [1.807, 2.05) is 42.2 Å².